The van der Waals surface area contributed by atoms with Crippen molar-refractivity contribution >= 4 is 22.6 Å². The fourth-order valence-corrected chi connectivity index (χ4v) is 2.40. The molecule has 0 aliphatic heterocycles. The maximum Gasteiger partial charge on any atom is 0.269 e. The predicted octanol–water partition coefficient (Wildman–Crippen LogP) is 2.18. The van der Waals surface area contributed by atoms with Crippen LogP contribution in [0.25, 0.3) is 22.2 Å². The molecule has 1 aromatic heterocycles. The van der Waals surface area contributed by atoms with Crippen LogP contribution in [0.2, 0.25) is 0 Å². The van der Waals surface area contributed by atoms with Crippen molar-refractivity contribution in [3.63, 3.8) is 0 Å². The van der Waals surface area contributed by atoms with E-state index in [1.54, 1.807) is 18.2 Å². The van der Waals surface area contributed by atoms with Gasteiger partial charge >= 0.3 is 0 Å². The molecular formula is C17H11N2O5-. The molecule has 24 heavy (non-hydrogen) atoms. The standard InChI is InChI=1S/C17H12N2O5/c1-24-12-6-7-15-13(8-12)14(17(20)21)9-16(18-15)10-2-4-11(5-3-10)19(22)23/h2-9H,1H3,(H,20,21)/p-1. The molecule has 0 atom stereocenters. The molecule has 0 aliphatic carbocycles. The van der Waals surface area contributed by atoms with Crippen LogP contribution in [0.4, 0.5) is 5.69 Å². The highest BCUT2D eigenvalue weighted by Crippen LogP contribution is 2.28. The van der Waals surface area contributed by atoms with E-state index in [0.29, 0.717) is 27.9 Å². The molecule has 0 unspecified atom stereocenters. The first-order valence-corrected chi connectivity index (χ1v) is 6.94. The number of hydrogen-bond acceptors (Lipinski definition) is 6. The SMILES string of the molecule is COc1ccc2nc(-c3ccc([N+](=O)[O-])cc3)cc(C(=O)[O-])c2c1. The Kier molecular flexibility index (Phi) is 3.83. The Bertz CT molecular complexity index is 951. The molecule has 3 rings (SSSR count). The summed E-state index contributed by atoms with van der Waals surface area (Å²) in [4.78, 5) is 26.1. The van der Waals surface area contributed by atoms with Gasteiger partial charge in [-0.1, -0.05) is 0 Å². The summed E-state index contributed by atoms with van der Waals surface area (Å²) in [5.74, 6) is -0.825. The van der Waals surface area contributed by atoms with Gasteiger partial charge in [-0.05, 0) is 36.4 Å². The minimum atomic E-state index is -1.33. The molecule has 1 heterocycles. The Morgan fingerprint density at radius 3 is 2.42 bits per heavy atom. The molecule has 0 radical (unpaired) electrons. The van der Waals surface area contributed by atoms with Crippen LogP contribution in [0.3, 0.4) is 0 Å². The summed E-state index contributed by atoms with van der Waals surface area (Å²) in [6.07, 6.45) is 0. The molecule has 7 heteroatoms. The van der Waals surface area contributed by atoms with Crippen LogP contribution in [-0.4, -0.2) is 23.0 Å². The van der Waals surface area contributed by atoms with Crippen LogP contribution in [0.5, 0.6) is 5.75 Å². The Hall–Kier alpha value is -3.48. The highest BCUT2D eigenvalue weighted by molar-refractivity contribution is 6.03. The second-order valence-corrected chi connectivity index (χ2v) is 5.03. The number of nitro benzene ring substituents is 1. The second kappa shape index (κ2) is 5.96. The number of aromatic nitrogens is 1. The van der Waals surface area contributed by atoms with Crippen molar-refractivity contribution in [2.75, 3.05) is 7.11 Å². The number of carbonyl (C=O) groups is 1. The number of carbonyl (C=O) groups excluding carboxylic acids is 1. The number of benzene rings is 2. The van der Waals surface area contributed by atoms with Gasteiger partial charge in [-0.2, -0.15) is 0 Å². The molecule has 0 N–H and O–H groups in total. The van der Waals surface area contributed by atoms with Gasteiger partial charge in [0.25, 0.3) is 5.69 Å². The molecule has 120 valence electrons. The zero-order valence-electron chi connectivity index (χ0n) is 12.6. The second-order valence-electron chi connectivity index (χ2n) is 5.03. The fraction of sp³-hybridized carbons (Fsp3) is 0.0588. The highest BCUT2D eigenvalue weighted by Gasteiger charge is 2.11. The van der Waals surface area contributed by atoms with E-state index in [9.17, 15) is 20.0 Å². The van der Waals surface area contributed by atoms with E-state index in [1.807, 2.05) is 0 Å². The number of carboxylic acids is 1. The number of nitro groups is 1. The summed E-state index contributed by atoms with van der Waals surface area (Å²) in [5.41, 5.74) is 1.35. The number of carboxylic acid groups (broad SMARTS) is 1. The van der Waals surface area contributed by atoms with Crippen molar-refractivity contribution < 1.29 is 19.6 Å². The largest absolute Gasteiger partial charge is 0.545 e. The molecule has 0 fully saturated rings. The quantitative estimate of drug-likeness (QED) is 0.538. The van der Waals surface area contributed by atoms with Crippen LogP contribution in [0, 0.1) is 10.1 Å². The average Bonchev–Trinajstić information content (AvgIpc) is 2.60. The van der Waals surface area contributed by atoms with Crippen molar-refractivity contribution in [2.24, 2.45) is 0 Å². The normalized spacial score (nSPS) is 10.5. The Morgan fingerprint density at radius 1 is 1.12 bits per heavy atom. The van der Waals surface area contributed by atoms with Gasteiger partial charge in [-0.15, -0.1) is 0 Å². The lowest BCUT2D eigenvalue weighted by atomic mass is 10.0. The summed E-state index contributed by atoms with van der Waals surface area (Å²) in [5, 5.41) is 22.6. The first kappa shape index (κ1) is 15.4. The molecule has 0 saturated heterocycles. The molecular weight excluding hydrogens is 312 g/mol. The lowest BCUT2D eigenvalue weighted by Crippen LogP contribution is -2.22. The monoisotopic (exact) mass is 323 g/mol. The zero-order chi connectivity index (χ0) is 17.3. The Labute approximate surface area is 136 Å². The van der Waals surface area contributed by atoms with E-state index in [1.165, 1.54) is 37.4 Å². The highest BCUT2D eigenvalue weighted by atomic mass is 16.6. The smallest absolute Gasteiger partial charge is 0.269 e. The van der Waals surface area contributed by atoms with Crippen molar-refractivity contribution in [3.05, 3.63) is 64.2 Å². The van der Waals surface area contributed by atoms with E-state index in [0.717, 1.165) is 0 Å². The van der Waals surface area contributed by atoms with Crippen LogP contribution < -0.4 is 9.84 Å². The van der Waals surface area contributed by atoms with Gasteiger partial charge in [0.05, 0.1) is 29.2 Å². The number of nitrogens with zero attached hydrogens (tertiary/aromatic N) is 2. The van der Waals surface area contributed by atoms with Gasteiger partial charge < -0.3 is 14.6 Å². The third-order valence-corrected chi connectivity index (χ3v) is 3.61. The van der Waals surface area contributed by atoms with E-state index in [-0.39, 0.29) is 11.3 Å². The van der Waals surface area contributed by atoms with Crippen LogP contribution >= 0.6 is 0 Å². The molecule has 0 amide bonds. The molecule has 0 bridgehead atoms. The van der Waals surface area contributed by atoms with Crippen LogP contribution in [-0.2, 0) is 0 Å². The number of ether oxygens (including phenoxy) is 1. The predicted molar refractivity (Wildman–Crippen MR) is 84.7 cm³/mol. The summed E-state index contributed by atoms with van der Waals surface area (Å²) < 4.78 is 5.10. The molecule has 0 spiro atoms. The van der Waals surface area contributed by atoms with E-state index >= 15 is 0 Å². The fourth-order valence-electron chi connectivity index (χ4n) is 2.40. The van der Waals surface area contributed by atoms with E-state index < -0.39 is 10.9 Å². The maximum absolute atomic E-state index is 11.5. The van der Waals surface area contributed by atoms with Crippen molar-refractivity contribution in [3.8, 4) is 17.0 Å². The molecule has 3 aromatic rings. The summed E-state index contributed by atoms with van der Waals surface area (Å²) >= 11 is 0. The van der Waals surface area contributed by atoms with Gasteiger partial charge in [0.1, 0.15) is 5.75 Å². The van der Waals surface area contributed by atoms with Crippen LogP contribution in [0.15, 0.2) is 48.5 Å². The van der Waals surface area contributed by atoms with Gasteiger partial charge in [-0.25, -0.2) is 4.98 Å². The third-order valence-electron chi connectivity index (χ3n) is 3.61. The number of pyridine rings is 1. The van der Waals surface area contributed by atoms with Crippen LogP contribution in [0.1, 0.15) is 10.4 Å². The summed E-state index contributed by atoms with van der Waals surface area (Å²) in [6, 6.07) is 12.0. The van der Waals surface area contributed by atoms with Gasteiger partial charge in [0.2, 0.25) is 0 Å². The van der Waals surface area contributed by atoms with Gasteiger partial charge in [0, 0.05) is 28.6 Å². The van der Waals surface area contributed by atoms with Crippen molar-refractivity contribution in [1.29, 1.82) is 0 Å². The number of hydrogen-bond donors (Lipinski definition) is 0. The molecule has 0 saturated carbocycles. The Balaban J connectivity index is 2.18. The van der Waals surface area contributed by atoms with E-state index in [4.69, 9.17) is 4.74 Å². The summed E-state index contributed by atoms with van der Waals surface area (Å²) in [7, 11) is 1.48. The number of rotatable bonds is 4. The first-order chi connectivity index (χ1) is 11.5. The minimum Gasteiger partial charge on any atom is -0.545 e. The lowest BCUT2D eigenvalue weighted by molar-refractivity contribution is -0.384. The third kappa shape index (κ3) is 2.74. The number of fused-ring (bicyclic) bond motifs is 1. The van der Waals surface area contributed by atoms with Gasteiger partial charge in [-0.3, -0.25) is 10.1 Å². The molecule has 0 aliphatic rings. The number of aromatic carboxylic acids is 1. The maximum atomic E-state index is 11.5. The van der Waals surface area contributed by atoms with E-state index in [2.05, 4.69) is 4.98 Å². The lowest BCUT2D eigenvalue weighted by Gasteiger charge is -2.11. The summed E-state index contributed by atoms with van der Waals surface area (Å²) in [6.45, 7) is 0. The van der Waals surface area contributed by atoms with Crippen molar-refractivity contribution in [1.82, 2.24) is 4.98 Å². The number of non-ortho nitro benzene ring substituents is 1. The van der Waals surface area contributed by atoms with Gasteiger partial charge in [0.15, 0.2) is 0 Å². The topological polar surface area (TPSA) is 105 Å². The zero-order valence-corrected chi connectivity index (χ0v) is 12.6. The van der Waals surface area contributed by atoms with Crippen molar-refractivity contribution in [2.45, 2.75) is 0 Å². The average molecular weight is 323 g/mol. The minimum absolute atomic E-state index is 0.0211. The molecule has 7 nitrogen and oxygen atoms in total. The first-order valence-electron chi connectivity index (χ1n) is 6.94. The number of methoxy groups -OCH3 is 1. The Morgan fingerprint density at radius 2 is 1.83 bits per heavy atom. The molecule has 2 aromatic carbocycles.